The van der Waals surface area contributed by atoms with Crippen molar-refractivity contribution in [3.63, 3.8) is 0 Å². The van der Waals surface area contributed by atoms with Crippen molar-refractivity contribution in [3.05, 3.63) is 29.3 Å². The first kappa shape index (κ1) is 12.8. The van der Waals surface area contributed by atoms with Crippen molar-refractivity contribution in [1.82, 2.24) is 5.32 Å². The molecule has 0 saturated heterocycles. The third kappa shape index (κ3) is 4.11. The number of rotatable bonds is 4. The van der Waals surface area contributed by atoms with Crippen molar-refractivity contribution >= 4 is 23.3 Å². The second-order valence-electron chi connectivity index (χ2n) is 3.77. The lowest BCUT2D eigenvalue weighted by Gasteiger charge is -2.14. The molecule has 2 N–H and O–H groups in total. The summed E-state index contributed by atoms with van der Waals surface area (Å²) in [5.74, 6) is 0. The predicted octanol–water partition coefficient (Wildman–Crippen LogP) is 3.65. The molecule has 1 rings (SSSR count). The van der Waals surface area contributed by atoms with Crippen LogP contribution in [-0.2, 0) is 0 Å². The summed E-state index contributed by atoms with van der Waals surface area (Å²) in [7, 11) is 0. The van der Waals surface area contributed by atoms with E-state index in [0.717, 1.165) is 12.8 Å². The van der Waals surface area contributed by atoms with Crippen LogP contribution in [-0.4, -0.2) is 12.1 Å². The third-order valence-electron chi connectivity index (χ3n) is 2.22. The Morgan fingerprint density at radius 3 is 2.75 bits per heavy atom. The van der Waals surface area contributed by atoms with Crippen LogP contribution in [0.15, 0.2) is 24.3 Å². The van der Waals surface area contributed by atoms with Gasteiger partial charge >= 0.3 is 6.03 Å². The Labute approximate surface area is 101 Å². The van der Waals surface area contributed by atoms with Gasteiger partial charge in [0.05, 0.1) is 10.7 Å². The van der Waals surface area contributed by atoms with E-state index in [9.17, 15) is 4.79 Å². The molecule has 0 aliphatic rings. The molecule has 0 radical (unpaired) electrons. The van der Waals surface area contributed by atoms with E-state index in [2.05, 4.69) is 17.6 Å². The molecule has 3 nitrogen and oxygen atoms in total. The highest BCUT2D eigenvalue weighted by molar-refractivity contribution is 6.33. The van der Waals surface area contributed by atoms with Crippen LogP contribution >= 0.6 is 11.6 Å². The number of anilines is 1. The Balaban J connectivity index is 2.49. The summed E-state index contributed by atoms with van der Waals surface area (Å²) in [5, 5.41) is 6.11. The number of para-hydroxylation sites is 1. The van der Waals surface area contributed by atoms with Crippen LogP contribution in [0.2, 0.25) is 5.02 Å². The quantitative estimate of drug-likeness (QED) is 0.829. The van der Waals surface area contributed by atoms with Crippen molar-refractivity contribution < 1.29 is 4.79 Å². The largest absolute Gasteiger partial charge is 0.335 e. The summed E-state index contributed by atoms with van der Waals surface area (Å²) in [6.45, 7) is 4.07. The molecule has 0 spiro atoms. The van der Waals surface area contributed by atoms with Crippen LogP contribution in [0.25, 0.3) is 0 Å². The summed E-state index contributed by atoms with van der Waals surface area (Å²) in [6.07, 6.45) is 2.02. The highest BCUT2D eigenvalue weighted by Gasteiger charge is 2.07. The fourth-order valence-electron chi connectivity index (χ4n) is 1.45. The molecule has 1 unspecified atom stereocenters. The fraction of sp³-hybridized carbons (Fsp3) is 0.417. The minimum absolute atomic E-state index is 0.174. The van der Waals surface area contributed by atoms with Gasteiger partial charge in [0, 0.05) is 6.04 Å². The van der Waals surface area contributed by atoms with E-state index in [1.54, 1.807) is 12.1 Å². The Kier molecular flexibility index (Phi) is 5.12. The highest BCUT2D eigenvalue weighted by atomic mass is 35.5. The maximum Gasteiger partial charge on any atom is 0.319 e. The molecule has 16 heavy (non-hydrogen) atoms. The Morgan fingerprint density at radius 1 is 1.44 bits per heavy atom. The van der Waals surface area contributed by atoms with E-state index in [4.69, 9.17) is 11.6 Å². The maximum absolute atomic E-state index is 11.6. The Bertz CT molecular complexity index is 355. The average molecular weight is 241 g/mol. The van der Waals surface area contributed by atoms with Crippen molar-refractivity contribution in [2.45, 2.75) is 32.7 Å². The monoisotopic (exact) mass is 240 g/mol. The van der Waals surface area contributed by atoms with E-state index in [1.807, 2.05) is 19.1 Å². The van der Waals surface area contributed by atoms with E-state index < -0.39 is 0 Å². The zero-order valence-electron chi connectivity index (χ0n) is 9.59. The van der Waals surface area contributed by atoms with Crippen LogP contribution < -0.4 is 10.6 Å². The number of amides is 2. The molecular formula is C12H17ClN2O. The average Bonchev–Trinajstić information content (AvgIpc) is 2.21. The zero-order chi connectivity index (χ0) is 12.0. The standard InChI is InChI=1S/C12H17ClN2O/c1-3-6-9(2)14-12(16)15-11-8-5-4-7-10(11)13/h4-5,7-9H,3,6H2,1-2H3,(H2,14,15,16). The van der Waals surface area contributed by atoms with Gasteiger partial charge in [0.25, 0.3) is 0 Å². The number of hydrogen-bond donors (Lipinski definition) is 2. The molecule has 0 fully saturated rings. The summed E-state index contributed by atoms with van der Waals surface area (Å²) in [6, 6.07) is 7.13. The topological polar surface area (TPSA) is 41.1 Å². The number of hydrogen-bond acceptors (Lipinski definition) is 1. The summed E-state index contributed by atoms with van der Waals surface area (Å²) < 4.78 is 0. The van der Waals surface area contributed by atoms with Gasteiger partial charge in [-0.1, -0.05) is 37.1 Å². The predicted molar refractivity (Wildman–Crippen MR) is 68.0 cm³/mol. The molecule has 4 heteroatoms. The van der Waals surface area contributed by atoms with Gasteiger partial charge in [0.2, 0.25) is 0 Å². The van der Waals surface area contributed by atoms with Gasteiger partial charge in [-0.3, -0.25) is 0 Å². The molecule has 0 aromatic heterocycles. The molecule has 1 aromatic carbocycles. The van der Waals surface area contributed by atoms with E-state index in [0.29, 0.717) is 10.7 Å². The fourth-order valence-corrected chi connectivity index (χ4v) is 1.63. The molecular weight excluding hydrogens is 224 g/mol. The first-order valence-corrected chi connectivity index (χ1v) is 5.83. The summed E-state index contributed by atoms with van der Waals surface area (Å²) >= 11 is 5.92. The minimum Gasteiger partial charge on any atom is -0.335 e. The molecule has 0 heterocycles. The molecule has 0 bridgehead atoms. The first-order chi connectivity index (χ1) is 7.63. The Morgan fingerprint density at radius 2 is 2.12 bits per heavy atom. The van der Waals surface area contributed by atoms with Gasteiger partial charge in [-0.25, -0.2) is 4.79 Å². The lowest BCUT2D eigenvalue weighted by Crippen LogP contribution is -2.35. The number of halogens is 1. The zero-order valence-corrected chi connectivity index (χ0v) is 10.3. The van der Waals surface area contributed by atoms with Gasteiger partial charge in [0.15, 0.2) is 0 Å². The maximum atomic E-state index is 11.6. The van der Waals surface area contributed by atoms with Gasteiger partial charge in [-0.2, -0.15) is 0 Å². The summed E-state index contributed by atoms with van der Waals surface area (Å²) in [5.41, 5.74) is 0.630. The first-order valence-electron chi connectivity index (χ1n) is 5.45. The van der Waals surface area contributed by atoms with Gasteiger partial charge in [-0.15, -0.1) is 0 Å². The van der Waals surface area contributed by atoms with Crippen molar-refractivity contribution in [2.24, 2.45) is 0 Å². The van der Waals surface area contributed by atoms with E-state index >= 15 is 0 Å². The highest BCUT2D eigenvalue weighted by Crippen LogP contribution is 2.20. The number of nitrogens with one attached hydrogen (secondary N) is 2. The van der Waals surface area contributed by atoms with E-state index in [1.165, 1.54) is 0 Å². The third-order valence-corrected chi connectivity index (χ3v) is 2.55. The van der Waals surface area contributed by atoms with Gasteiger partial charge in [0.1, 0.15) is 0 Å². The lowest BCUT2D eigenvalue weighted by molar-refractivity contribution is 0.248. The smallest absolute Gasteiger partial charge is 0.319 e. The second kappa shape index (κ2) is 6.38. The van der Waals surface area contributed by atoms with Crippen molar-refractivity contribution in [1.29, 1.82) is 0 Å². The normalized spacial score (nSPS) is 11.9. The van der Waals surface area contributed by atoms with Crippen molar-refractivity contribution in [3.8, 4) is 0 Å². The molecule has 2 amide bonds. The summed E-state index contributed by atoms with van der Waals surface area (Å²) in [4.78, 5) is 11.6. The van der Waals surface area contributed by atoms with Crippen molar-refractivity contribution in [2.75, 3.05) is 5.32 Å². The molecule has 0 saturated carbocycles. The van der Waals surface area contributed by atoms with Crippen LogP contribution in [0, 0.1) is 0 Å². The second-order valence-corrected chi connectivity index (χ2v) is 4.18. The Hall–Kier alpha value is -1.22. The number of carbonyl (C=O) groups excluding carboxylic acids is 1. The SMILES string of the molecule is CCCC(C)NC(=O)Nc1ccccc1Cl. The van der Waals surface area contributed by atoms with Gasteiger partial charge in [-0.05, 0) is 25.5 Å². The molecule has 0 aliphatic carbocycles. The van der Waals surface area contributed by atoms with Crippen LogP contribution in [0.3, 0.4) is 0 Å². The molecule has 88 valence electrons. The lowest BCUT2D eigenvalue weighted by atomic mass is 10.2. The van der Waals surface area contributed by atoms with Crippen LogP contribution in [0.4, 0.5) is 10.5 Å². The number of benzene rings is 1. The molecule has 1 atom stereocenters. The van der Waals surface area contributed by atoms with Crippen LogP contribution in [0.5, 0.6) is 0 Å². The number of urea groups is 1. The van der Waals surface area contributed by atoms with Gasteiger partial charge < -0.3 is 10.6 Å². The van der Waals surface area contributed by atoms with Crippen LogP contribution in [0.1, 0.15) is 26.7 Å². The molecule has 0 aliphatic heterocycles. The minimum atomic E-state index is -0.214. The van der Waals surface area contributed by atoms with E-state index in [-0.39, 0.29) is 12.1 Å². The molecule has 1 aromatic rings. The number of carbonyl (C=O) groups is 1.